The summed E-state index contributed by atoms with van der Waals surface area (Å²) in [5.74, 6) is -0.878. The van der Waals surface area contributed by atoms with Crippen molar-refractivity contribution in [2.45, 2.75) is 10.9 Å². The highest BCUT2D eigenvalue weighted by molar-refractivity contribution is 7.90. The van der Waals surface area contributed by atoms with Crippen molar-refractivity contribution in [3.05, 3.63) is 70.3 Å². The second-order valence-corrected chi connectivity index (χ2v) is 8.00. The second kappa shape index (κ2) is 8.41. The number of fused-ring (bicyclic) bond motifs is 1. The average molecular weight is 447 g/mol. The minimum absolute atomic E-state index is 0. The minimum Gasteiger partial charge on any atom is -0.316 e. The van der Waals surface area contributed by atoms with Gasteiger partial charge in [-0.05, 0) is 35.9 Å². The van der Waals surface area contributed by atoms with Crippen molar-refractivity contribution in [2.75, 3.05) is 0 Å². The molecular formula is C17H14Cl3N3O3S. The summed E-state index contributed by atoms with van der Waals surface area (Å²) in [7, 11) is -4.22. The third-order valence-corrected chi connectivity index (χ3v) is 5.50. The van der Waals surface area contributed by atoms with E-state index in [1.165, 1.54) is 12.3 Å². The fourth-order valence-electron chi connectivity index (χ4n) is 2.40. The average Bonchev–Trinajstić information content (AvgIpc) is 2.60. The Balaban J connectivity index is 0.00000261. The summed E-state index contributed by atoms with van der Waals surface area (Å²) < 4.78 is 27.4. The zero-order valence-electron chi connectivity index (χ0n) is 13.6. The molecule has 1 heterocycles. The highest BCUT2D eigenvalue weighted by Crippen LogP contribution is 2.26. The molecule has 0 saturated heterocycles. The molecule has 3 N–H and O–H groups in total. The lowest BCUT2D eigenvalue weighted by Crippen LogP contribution is -2.38. The zero-order chi connectivity index (χ0) is 18.9. The Hall–Kier alpha value is -1.90. The van der Waals surface area contributed by atoms with Gasteiger partial charge in [0.1, 0.15) is 10.9 Å². The van der Waals surface area contributed by atoms with Gasteiger partial charge in [-0.1, -0.05) is 41.4 Å². The summed E-state index contributed by atoms with van der Waals surface area (Å²) in [5.41, 5.74) is 6.49. The van der Waals surface area contributed by atoms with Gasteiger partial charge in [0.25, 0.3) is 15.9 Å². The molecule has 27 heavy (non-hydrogen) atoms. The first-order valence-corrected chi connectivity index (χ1v) is 9.64. The van der Waals surface area contributed by atoms with Gasteiger partial charge in [0.15, 0.2) is 0 Å². The molecule has 0 spiro atoms. The van der Waals surface area contributed by atoms with Gasteiger partial charge < -0.3 is 5.73 Å². The number of nitrogens with zero attached hydrogens (tertiary/aromatic N) is 1. The van der Waals surface area contributed by atoms with Gasteiger partial charge in [-0.25, -0.2) is 13.1 Å². The molecule has 0 saturated carbocycles. The maximum Gasteiger partial charge on any atom is 0.266 e. The molecule has 3 aromatic rings. The van der Waals surface area contributed by atoms with Gasteiger partial charge in [-0.3, -0.25) is 9.78 Å². The summed E-state index contributed by atoms with van der Waals surface area (Å²) >= 11 is 11.8. The van der Waals surface area contributed by atoms with Crippen LogP contribution in [-0.4, -0.2) is 19.3 Å². The summed E-state index contributed by atoms with van der Waals surface area (Å²) in [6, 6.07) is 11.2. The monoisotopic (exact) mass is 445 g/mol. The van der Waals surface area contributed by atoms with Crippen molar-refractivity contribution in [1.29, 1.82) is 0 Å². The van der Waals surface area contributed by atoms with Crippen molar-refractivity contribution in [3.8, 4) is 0 Å². The standard InChI is InChI=1S/C17H13Cl2N3O3S.ClH/c18-12-5-3-10(4-6-12)15(20)17(23)22-26(24,25)14-9-13(19)8-11-2-1-7-21-16(11)14;/h1-9,15H,20H2,(H,22,23);1H. The van der Waals surface area contributed by atoms with E-state index in [9.17, 15) is 13.2 Å². The first-order valence-electron chi connectivity index (χ1n) is 7.40. The Labute approximate surface area is 172 Å². The number of sulfonamides is 1. The summed E-state index contributed by atoms with van der Waals surface area (Å²) in [4.78, 5) is 16.2. The number of hydrogen-bond donors (Lipinski definition) is 2. The molecule has 1 unspecified atom stereocenters. The first kappa shape index (κ1) is 21.4. The number of carbonyl (C=O) groups is 1. The summed E-state index contributed by atoms with van der Waals surface area (Å²) in [6.07, 6.45) is 1.45. The van der Waals surface area contributed by atoms with Gasteiger partial charge in [0.2, 0.25) is 0 Å². The molecule has 142 valence electrons. The van der Waals surface area contributed by atoms with Crippen LogP contribution in [0.4, 0.5) is 0 Å². The number of benzene rings is 2. The van der Waals surface area contributed by atoms with Crippen LogP contribution in [0.3, 0.4) is 0 Å². The smallest absolute Gasteiger partial charge is 0.266 e. The van der Waals surface area contributed by atoms with E-state index in [0.717, 1.165) is 0 Å². The Bertz CT molecular complexity index is 1090. The minimum atomic E-state index is -4.22. The van der Waals surface area contributed by atoms with Gasteiger partial charge in [0, 0.05) is 21.6 Å². The third kappa shape index (κ3) is 4.69. The third-order valence-electron chi connectivity index (χ3n) is 3.67. The van der Waals surface area contributed by atoms with Crippen molar-refractivity contribution in [2.24, 2.45) is 5.73 Å². The maximum atomic E-state index is 12.7. The Morgan fingerprint density at radius 3 is 2.41 bits per heavy atom. The predicted octanol–water partition coefficient (Wildman–Crippen LogP) is 3.47. The predicted molar refractivity (Wildman–Crippen MR) is 108 cm³/mol. The van der Waals surface area contributed by atoms with E-state index in [-0.39, 0.29) is 27.8 Å². The van der Waals surface area contributed by atoms with Crippen LogP contribution in [0, 0.1) is 0 Å². The van der Waals surface area contributed by atoms with Crippen LogP contribution in [0.5, 0.6) is 0 Å². The molecule has 0 fully saturated rings. The number of rotatable bonds is 4. The number of pyridine rings is 1. The van der Waals surface area contributed by atoms with E-state index in [2.05, 4.69) is 4.98 Å². The van der Waals surface area contributed by atoms with Crippen LogP contribution in [0.25, 0.3) is 10.9 Å². The van der Waals surface area contributed by atoms with E-state index in [4.69, 9.17) is 28.9 Å². The highest BCUT2D eigenvalue weighted by Gasteiger charge is 2.25. The number of nitrogens with two attached hydrogens (primary N) is 1. The number of halogens is 3. The van der Waals surface area contributed by atoms with Crippen molar-refractivity contribution < 1.29 is 13.2 Å². The molecule has 0 radical (unpaired) electrons. The van der Waals surface area contributed by atoms with Gasteiger partial charge in [0.05, 0.1) is 5.52 Å². The molecule has 2 aromatic carbocycles. The topological polar surface area (TPSA) is 102 Å². The SMILES string of the molecule is Cl.NC(C(=O)NS(=O)(=O)c1cc(Cl)cc2cccnc12)c1ccc(Cl)cc1. The molecule has 3 rings (SSSR count). The fourth-order valence-corrected chi connectivity index (χ4v) is 4.03. The number of amides is 1. The normalized spacial score (nSPS) is 12.3. The molecule has 1 atom stereocenters. The van der Waals surface area contributed by atoms with E-state index in [1.54, 1.807) is 42.5 Å². The van der Waals surface area contributed by atoms with Crippen LogP contribution in [0.15, 0.2) is 59.6 Å². The number of nitrogens with one attached hydrogen (secondary N) is 1. The number of carbonyl (C=O) groups excluding carboxylic acids is 1. The summed E-state index contributed by atoms with van der Waals surface area (Å²) in [5, 5.41) is 1.22. The molecule has 10 heteroatoms. The van der Waals surface area contributed by atoms with Crippen molar-refractivity contribution in [1.82, 2.24) is 9.71 Å². The van der Waals surface area contributed by atoms with Crippen molar-refractivity contribution in [3.63, 3.8) is 0 Å². The van der Waals surface area contributed by atoms with Crippen LogP contribution < -0.4 is 10.5 Å². The zero-order valence-corrected chi connectivity index (χ0v) is 16.7. The van der Waals surface area contributed by atoms with Gasteiger partial charge in [-0.2, -0.15) is 0 Å². The van der Waals surface area contributed by atoms with Crippen molar-refractivity contribution >= 4 is 62.4 Å². The Morgan fingerprint density at radius 1 is 1.07 bits per heavy atom. The highest BCUT2D eigenvalue weighted by atomic mass is 35.5. The molecule has 1 aromatic heterocycles. The van der Waals surface area contributed by atoms with Crippen LogP contribution in [0.1, 0.15) is 11.6 Å². The lowest BCUT2D eigenvalue weighted by Gasteiger charge is -2.14. The lowest BCUT2D eigenvalue weighted by molar-refractivity contribution is -0.120. The largest absolute Gasteiger partial charge is 0.316 e. The van der Waals surface area contributed by atoms with E-state index in [0.29, 0.717) is 16.0 Å². The van der Waals surface area contributed by atoms with E-state index >= 15 is 0 Å². The molecular weight excluding hydrogens is 433 g/mol. The maximum absolute atomic E-state index is 12.7. The number of hydrogen-bond acceptors (Lipinski definition) is 5. The lowest BCUT2D eigenvalue weighted by atomic mass is 10.1. The van der Waals surface area contributed by atoms with Gasteiger partial charge in [-0.15, -0.1) is 12.4 Å². The van der Waals surface area contributed by atoms with Crippen LogP contribution >= 0.6 is 35.6 Å². The second-order valence-electron chi connectivity index (χ2n) is 5.48. The van der Waals surface area contributed by atoms with Gasteiger partial charge >= 0.3 is 0 Å². The quantitative estimate of drug-likeness (QED) is 0.639. The molecule has 0 bridgehead atoms. The van der Waals surface area contributed by atoms with E-state index in [1.807, 2.05) is 4.72 Å². The molecule has 0 aliphatic carbocycles. The molecule has 0 aliphatic rings. The number of aromatic nitrogens is 1. The van der Waals surface area contributed by atoms with Crippen LogP contribution in [-0.2, 0) is 14.8 Å². The Morgan fingerprint density at radius 2 is 1.74 bits per heavy atom. The van der Waals surface area contributed by atoms with E-state index < -0.39 is 22.0 Å². The first-order chi connectivity index (χ1) is 12.3. The molecule has 0 aliphatic heterocycles. The molecule has 1 amide bonds. The Kier molecular flexibility index (Phi) is 6.67. The molecule has 6 nitrogen and oxygen atoms in total. The summed E-state index contributed by atoms with van der Waals surface area (Å²) in [6.45, 7) is 0. The van der Waals surface area contributed by atoms with Crippen LogP contribution in [0.2, 0.25) is 10.0 Å². The fraction of sp³-hybridized carbons (Fsp3) is 0.0588.